The third-order valence-electron chi connectivity index (χ3n) is 3.39. The molecule has 5 heterocycles. The highest BCUT2D eigenvalue weighted by Gasteiger charge is 2.17. The Labute approximate surface area is 142 Å². The van der Waals surface area contributed by atoms with E-state index in [1.54, 1.807) is 9.03 Å². The molecule has 118 valence electrons. The summed E-state index contributed by atoms with van der Waals surface area (Å²) in [6.07, 6.45) is 0. The molecular formula is C13H9N9S2. The van der Waals surface area contributed by atoms with Crippen molar-refractivity contribution >= 4 is 32.6 Å². The third-order valence-corrected chi connectivity index (χ3v) is 5.02. The van der Waals surface area contributed by atoms with E-state index < -0.39 is 0 Å². The topological polar surface area (TPSA) is 99.0 Å². The number of aromatic nitrogens is 9. The van der Waals surface area contributed by atoms with Gasteiger partial charge in [0.25, 0.3) is 0 Å². The Morgan fingerprint density at radius 3 is 1.75 bits per heavy atom. The molecule has 5 aromatic rings. The molecule has 0 saturated heterocycles. The molecule has 0 aromatic carbocycles. The van der Waals surface area contributed by atoms with Gasteiger partial charge in [0.15, 0.2) is 0 Å². The van der Waals surface area contributed by atoms with Crippen LogP contribution in [-0.4, -0.2) is 44.6 Å². The Kier molecular flexibility index (Phi) is 2.76. The summed E-state index contributed by atoms with van der Waals surface area (Å²) in [5.74, 6) is 1.21. The number of rotatable bonds is 2. The second kappa shape index (κ2) is 4.85. The quantitative estimate of drug-likeness (QED) is 0.478. The normalized spacial score (nSPS) is 11.8. The predicted octanol–water partition coefficient (Wildman–Crippen LogP) is 2.03. The molecule has 0 radical (unpaired) electrons. The zero-order valence-electron chi connectivity index (χ0n) is 12.6. The Bertz CT molecular complexity index is 1100. The van der Waals surface area contributed by atoms with Gasteiger partial charge in [-0.05, 0) is 26.0 Å². The van der Waals surface area contributed by atoms with E-state index in [0.29, 0.717) is 23.0 Å². The van der Waals surface area contributed by atoms with Crippen molar-refractivity contribution in [3.63, 3.8) is 0 Å². The molecule has 9 nitrogen and oxygen atoms in total. The minimum atomic E-state index is 0.603. The van der Waals surface area contributed by atoms with E-state index in [1.807, 2.05) is 32.0 Å². The molecule has 0 N–H and O–H groups in total. The van der Waals surface area contributed by atoms with Gasteiger partial charge in [-0.25, -0.2) is 4.98 Å². The fourth-order valence-electron chi connectivity index (χ4n) is 2.43. The van der Waals surface area contributed by atoms with Gasteiger partial charge in [0.2, 0.25) is 21.6 Å². The van der Waals surface area contributed by atoms with Crippen molar-refractivity contribution in [2.24, 2.45) is 0 Å². The van der Waals surface area contributed by atoms with Gasteiger partial charge in [0.1, 0.15) is 21.4 Å². The molecule has 0 bridgehead atoms. The molecule has 5 aromatic heterocycles. The molecule has 11 heteroatoms. The van der Waals surface area contributed by atoms with Crippen molar-refractivity contribution < 1.29 is 0 Å². The molecule has 0 amide bonds. The lowest BCUT2D eigenvalue weighted by Crippen LogP contribution is -1.97. The Morgan fingerprint density at radius 2 is 1.25 bits per heavy atom. The van der Waals surface area contributed by atoms with Crippen LogP contribution in [0.2, 0.25) is 0 Å². The summed E-state index contributed by atoms with van der Waals surface area (Å²) < 4.78 is 3.41. The second-order valence-electron chi connectivity index (χ2n) is 5.09. The van der Waals surface area contributed by atoms with Crippen molar-refractivity contribution in [1.82, 2.24) is 44.6 Å². The Hall–Kier alpha value is -2.79. The standard InChI is InChI=1S/C13H9N9S2/c1-6-19-21-10(15-17-12(21)23-6)8-4-3-5-9(14-8)11-16-18-13-22(11)20-7(2)24-13/h3-5H,1-2H3. The SMILES string of the molecule is Cc1nn2c(-c3cccc(-c4nnc5sc(C)nn45)n3)nnc2s1. The van der Waals surface area contributed by atoms with Gasteiger partial charge in [0.05, 0.1) is 0 Å². The number of hydrogen-bond acceptors (Lipinski definition) is 9. The maximum atomic E-state index is 4.66. The summed E-state index contributed by atoms with van der Waals surface area (Å²) in [4.78, 5) is 6.15. The second-order valence-corrected chi connectivity index (χ2v) is 7.41. The molecule has 0 atom stereocenters. The van der Waals surface area contributed by atoms with E-state index in [2.05, 4.69) is 35.6 Å². The lowest BCUT2D eigenvalue weighted by atomic mass is 10.3. The van der Waals surface area contributed by atoms with Crippen LogP contribution < -0.4 is 0 Å². The number of hydrogen-bond donors (Lipinski definition) is 0. The summed E-state index contributed by atoms with van der Waals surface area (Å²) in [5.41, 5.74) is 1.35. The lowest BCUT2D eigenvalue weighted by Gasteiger charge is -2.00. The fourth-order valence-corrected chi connectivity index (χ4v) is 3.79. The molecular weight excluding hydrogens is 346 g/mol. The van der Waals surface area contributed by atoms with Gasteiger partial charge in [-0.2, -0.15) is 19.2 Å². The van der Waals surface area contributed by atoms with Crippen LogP contribution in [0.4, 0.5) is 0 Å². The van der Waals surface area contributed by atoms with Crippen molar-refractivity contribution in [3.05, 3.63) is 28.2 Å². The Morgan fingerprint density at radius 1 is 0.750 bits per heavy atom. The number of fused-ring (bicyclic) bond motifs is 2. The van der Waals surface area contributed by atoms with Crippen molar-refractivity contribution in [3.8, 4) is 23.0 Å². The van der Waals surface area contributed by atoms with Gasteiger partial charge in [0, 0.05) is 0 Å². The summed E-state index contributed by atoms with van der Waals surface area (Å²) in [6.45, 7) is 3.87. The van der Waals surface area contributed by atoms with Crippen LogP contribution >= 0.6 is 22.7 Å². The molecule has 5 rings (SSSR count). The largest absolute Gasteiger partial charge is 0.241 e. The predicted molar refractivity (Wildman–Crippen MR) is 89.0 cm³/mol. The molecule has 24 heavy (non-hydrogen) atoms. The first-order chi connectivity index (χ1) is 11.7. The fraction of sp³-hybridized carbons (Fsp3) is 0.154. The van der Waals surface area contributed by atoms with Crippen LogP contribution in [-0.2, 0) is 0 Å². The van der Waals surface area contributed by atoms with Gasteiger partial charge in [-0.15, -0.1) is 20.4 Å². The van der Waals surface area contributed by atoms with Crippen LogP contribution in [0.5, 0.6) is 0 Å². The van der Waals surface area contributed by atoms with E-state index in [1.165, 1.54) is 22.7 Å². The highest BCUT2D eigenvalue weighted by Crippen LogP contribution is 2.24. The van der Waals surface area contributed by atoms with Gasteiger partial charge in [-0.3, -0.25) is 0 Å². The summed E-state index contributed by atoms with van der Waals surface area (Å²) in [7, 11) is 0. The van der Waals surface area contributed by atoms with E-state index in [-0.39, 0.29) is 0 Å². The van der Waals surface area contributed by atoms with E-state index in [0.717, 1.165) is 19.9 Å². The van der Waals surface area contributed by atoms with Crippen LogP contribution in [0.25, 0.3) is 33.0 Å². The molecule has 0 spiro atoms. The molecule has 0 aliphatic rings. The van der Waals surface area contributed by atoms with Crippen LogP contribution in [0.1, 0.15) is 10.0 Å². The molecule has 0 saturated carbocycles. The summed E-state index contributed by atoms with van der Waals surface area (Å²) in [6, 6.07) is 5.65. The van der Waals surface area contributed by atoms with Crippen LogP contribution in [0.3, 0.4) is 0 Å². The monoisotopic (exact) mass is 355 g/mol. The molecule has 0 aliphatic carbocycles. The lowest BCUT2D eigenvalue weighted by molar-refractivity contribution is 0.924. The average molecular weight is 355 g/mol. The zero-order valence-corrected chi connectivity index (χ0v) is 14.2. The first kappa shape index (κ1) is 13.6. The minimum Gasteiger partial charge on any atom is -0.241 e. The molecule has 0 fully saturated rings. The average Bonchev–Trinajstić information content (AvgIpc) is 3.27. The number of pyridine rings is 1. The van der Waals surface area contributed by atoms with Crippen molar-refractivity contribution in [1.29, 1.82) is 0 Å². The van der Waals surface area contributed by atoms with Gasteiger partial charge >= 0.3 is 0 Å². The van der Waals surface area contributed by atoms with E-state index in [9.17, 15) is 0 Å². The summed E-state index contributed by atoms with van der Waals surface area (Å²) >= 11 is 2.98. The van der Waals surface area contributed by atoms with E-state index in [4.69, 9.17) is 0 Å². The maximum Gasteiger partial charge on any atom is 0.235 e. The van der Waals surface area contributed by atoms with Gasteiger partial charge < -0.3 is 0 Å². The van der Waals surface area contributed by atoms with Crippen LogP contribution in [0, 0.1) is 13.8 Å². The van der Waals surface area contributed by atoms with Crippen molar-refractivity contribution in [2.75, 3.05) is 0 Å². The zero-order chi connectivity index (χ0) is 16.3. The van der Waals surface area contributed by atoms with Crippen molar-refractivity contribution in [2.45, 2.75) is 13.8 Å². The van der Waals surface area contributed by atoms with Gasteiger partial charge in [-0.1, -0.05) is 28.7 Å². The molecule has 0 unspecified atom stereocenters. The Balaban J connectivity index is 1.68. The smallest absolute Gasteiger partial charge is 0.235 e. The van der Waals surface area contributed by atoms with Crippen LogP contribution in [0.15, 0.2) is 18.2 Å². The highest BCUT2D eigenvalue weighted by atomic mass is 32.1. The molecule has 0 aliphatic heterocycles. The number of nitrogens with zero attached hydrogens (tertiary/aromatic N) is 9. The summed E-state index contributed by atoms with van der Waals surface area (Å²) in [5, 5.41) is 27.4. The highest BCUT2D eigenvalue weighted by molar-refractivity contribution is 7.16. The maximum absolute atomic E-state index is 4.66. The first-order valence-corrected chi connectivity index (χ1v) is 8.68. The third kappa shape index (κ3) is 1.95. The first-order valence-electron chi connectivity index (χ1n) is 7.04. The minimum absolute atomic E-state index is 0.603. The van der Waals surface area contributed by atoms with E-state index >= 15 is 0 Å². The number of aryl methyl sites for hydroxylation is 2.